The van der Waals surface area contributed by atoms with Gasteiger partial charge in [-0.3, -0.25) is 9.91 Å². The van der Waals surface area contributed by atoms with Crippen molar-refractivity contribution in [1.29, 1.82) is 0 Å². The van der Waals surface area contributed by atoms with Gasteiger partial charge in [0.2, 0.25) is 5.96 Å². The second-order valence-electron chi connectivity index (χ2n) is 9.54. The monoisotopic (exact) mass is 475 g/mol. The van der Waals surface area contributed by atoms with Crippen LogP contribution in [-0.2, 0) is 0 Å². The Morgan fingerprint density at radius 2 is 1.82 bits per heavy atom. The van der Waals surface area contributed by atoms with Crippen molar-refractivity contribution in [2.24, 2.45) is 21.7 Å². The molecule has 1 atom stereocenters. The van der Waals surface area contributed by atoms with Crippen LogP contribution in [0.3, 0.4) is 0 Å². The van der Waals surface area contributed by atoms with E-state index in [4.69, 9.17) is 32.2 Å². The molecule has 2 heterocycles. The molecule has 4 rings (SSSR count). The molecule has 3 N–H and O–H groups in total. The van der Waals surface area contributed by atoms with E-state index < -0.39 is 0 Å². The van der Waals surface area contributed by atoms with Gasteiger partial charge in [0.15, 0.2) is 6.29 Å². The van der Waals surface area contributed by atoms with Crippen molar-refractivity contribution in [3.63, 3.8) is 0 Å². The molecule has 1 saturated heterocycles. The Morgan fingerprint density at radius 1 is 1.12 bits per heavy atom. The predicted octanol–water partition coefficient (Wildman–Crippen LogP) is 3.98. The number of rotatable bonds is 5. The SMILES string of the molecule is COc1ccc(NC2=NC(N(C)C3CCN(C)CC3)N(N)C(C3CCCCCC3)=N2)cc1Cl. The number of nitrogens with two attached hydrogens (primary N) is 1. The van der Waals surface area contributed by atoms with Gasteiger partial charge < -0.3 is 15.0 Å². The zero-order chi connectivity index (χ0) is 23.4. The normalized spacial score (nSPS) is 23.8. The van der Waals surface area contributed by atoms with Crippen molar-refractivity contribution < 1.29 is 4.74 Å². The summed E-state index contributed by atoms with van der Waals surface area (Å²) in [7, 11) is 5.94. The Bertz CT molecular complexity index is 860. The van der Waals surface area contributed by atoms with Gasteiger partial charge in [-0.1, -0.05) is 37.3 Å². The number of nitrogens with one attached hydrogen (secondary N) is 1. The number of hydrogen-bond acceptors (Lipinski definition) is 8. The van der Waals surface area contributed by atoms with Crippen LogP contribution >= 0.6 is 11.6 Å². The molecule has 182 valence electrons. The van der Waals surface area contributed by atoms with Gasteiger partial charge in [0.05, 0.1) is 12.1 Å². The minimum atomic E-state index is -0.287. The fourth-order valence-corrected chi connectivity index (χ4v) is 5.39. The summed E-state index contributed by atoms with van der Waals surface area (Å²) in [5, 5.41) is 5.75. The van der Waals surface area contributed by atoms with E-state index >= 15 is 0 Å². The standard InChI is InChI=1S/C24H38ClN7O/c1-30-14-12-19(13-15-30)31(2)24-29-23(27-18-10-11-21(33-3)20(25)16-18)28-22(32(24)26)17-8-6-4-5-7-9-17/h10-11,16-17,19,24H,4-9,12-15,26H2,1-3H3,(H,27,29). The molecule has 2 fully saturated rings. The number of amidine groups is 1. The van der Waals surface area contributed by atoms with Crippen molar-refractivity contribution >= 4 is 29.1 Å². The third-order valence-corrected chi connectivity index (χ3v) is 7.52. The van der Waals surface area contributed by atoms with Crippen LogP contribution in [-0.4, -0.2) is 73.2 Å². The number of ether oxygens (including phenoxy) is 1. The van der Waals surface area contributed by atoms with Gasteiger partial charge in [-0.25, -0.2) is 10.8 Å². The molecule has 3 aliphatic rings. The van der Waals surface area contributed by atoms with Crippen molar-refractivity contribution in [2.45, 2.75) is 63.7 Å². The fraction of sp³-hybridized carbons (Fsp3) is 0.667. The minimum Gasteiger partial charge on any atom is -0.495 e. The number of guanidine groups is 1. The first-order chi connectivity index (χ1) is 16.0. The lowest BCUT2D eigenvalue weighted by Crippen LogP contribution is -2.59. The highest BCUT2D eigenvalue weighted by Crippen LogP contribution is 2.30. The highest BCUT2D eigenvalue weighted by Gasteiger charge is 2.35. The molecule has 8 nitrogen and oxygen atoms in total. The molecule has 1 unspecified atom stereocenters. The van der Waals surface area contributed by atoms with E-state index in [0.29, 0.717) is 28.7 Å². The maximum Gasteiger partial charge on any atom is 0.227 e. The molecule has 2 aliphatic heterocycles. The van der Waals surface area contributed by atoms with Crippen LogP contribution in [0, 0.1) is 5.92 Å². The largest absolute Gasteiger partial charge is 0.495 e. The van der Waals surface area contributed by atoms with Crippen LogP contribution < -0.4 is 15.9 Å². The lowest BCUT2D eigenvalue weighted by molar-refractivity contribution is 0.0467. The molecule has 1 aromatic rings. The third-order valence-electron chi connectivity index (χ3n) is 7.23. The van der Waals surface area contributed by atoms with E-state index in [1.807, 2.05) is 23.2 Å². The number of aliphatic imine (C=N–C) groups is 2. The lowest BCUT2D eigenvalue weighted by Gasteiger charge is -2.43. The molecule has 0 aromatic heterocycles. The van der Waals surface area contributed by atoms with Crippen LogP contribution in [0.15, 0.2) is 28.2 Å². The molecule has 1 saturated carbocycles. The summed E-state index contributed by atoms with van der Waals surface area (Å²) in [6.07, 6.45) is 9.21. The number of methoxy groups -OCH3 is 1. The molecule has 1 aromatic carbocycles. The van der Waals surface area contributed by atoms with Crippen LogP contribution in [0.5, 0.6) is 5.75 Å². The van der Waals surface area contributed by atoms with Gasteiger partial charge in [-0.05, 0) is 71.1 Å². The number of benzene rings is 1. The highest BCUT2D eigenvalue weighted by molar-refractivity contribution is 6.32. The first-order valence-electron chi connectivity index (χ1n) is 12.2. The van der Waals surface area contributed by atoms with E-state index in [-0.39, 0.29) is 6.29 Å². The van der Waals surface area contributed by atoms with Gasteiger partial charge >= 0.3 is 0 Å². The molecule has 0 amide bonds. The average molecular weight is 476 g/mol. The Balaban J connectivity index is 1.60. The zero-order valence-corrected chi connectivity index (χ0v) is 20.9. The molecule has 0 bridgehead atoms. The Hall–Kier alpha value is -1.87. The summed E-state index contributed by atoms with van der Waals surface area (Å²) in [5.74, 6) is 9.27. The Labute approximate surface area is 202 Å². The molecule has 33 heavy (non-hydrogen) atoms. The summed E-state index contributed by atoms with van der Waals surface area (Å²) >= 11 is 6.35. The first kappa shape index (κ1) is 24.3. The summed E-state index contributed by atoms with van der Waals surface area (Å²) in [6.45, 7) is 2.18. The Morgan fingerprint density at radius 3 is 2.45 bits per heavy atom. The average Bonchev–Trinajstić information content (AvgIpc) is 3.10. The molecule has 0 radical (unpaired) electrons. The second-order valence-corrected chi connectivity index (χ2v) is 9.95. The number of hydrogen-bond donors (Lipinski definition) is 2. The van der Waals surface area contributed by atoms with Crippen molar-refractivity contribution in [1.82, 2.24) is 14.8 Å². The van der Waals surface area contributed by atoms with Crippen LogP contribution in [0.25, 0.3) is 0 Å². The number of likely N-dealkylation sites (tertiary alicyclic amines) is 1. The van der Waals surface area contributed by atoms with E-state index in [9.17, 15) is 0 Å². The Kier molecular flexibility index (Phi) is 8.11. The van der Waals surface area contributed by atoms with Crippen molar-refractivity contribution in [3.05, 3.63) is 23.2 Å². The van der Waals surface area contributed by atoms with Crippen LogP contribution in [0.1, 0.15) is 51.4 Å². The van der Waals surface area contributed by atoms with Gasteiger partial charge in [0, 0.05) is 17.6 Å². The van der Waals surface area contributed by atoms with Crippen LogP contribution in [0.2, 0.25) is 5.02 Å². The second kappa shape index (κ2) is 11.0. The molecular weight excluding hydrogens is 438 g/mol. The number of piperidine rings is 1. The first-order valence-corrected chi connectivity index (χ1v) is 12.6. The number of halogens is 1. The van der Waals surface area contributed by atoms with Crippen molar-refractivity contribution in [2.75, 3.05) is 39.6 Å². The molecule has 0 spiro atoms. The van der Waals surface area contributed by atoms with Gasteiger partial charge in [0.1, 0.15) is 11.6 Å². The highest BCUT2D eigenvalue weighted by atomic mass is 35.5. The summed E-state index contributed by atoms with van der Waals surface area (Å²) in [4.78, 5) is 14.6. The van der Waals surface area contributed by atoms with Gasteiger partial charge in [-0.15, -0.1) is 0 Å². The number of anilines is 1. The van der Waals surface area contributed by atoms with Gasteiger partial charge in [0.25, 0.3) is 0 Å². The summed E-state index contributed by atoms with van der Waals surface area (Å²) < 4.78 is 5.28. The summed E-state index contributed by atoms with van der Waals surface area (Å²) in [6, 6.07) is 6.06. The smallest absolute Gasteiger partial charge is 0.227 e. The quantitative estimate of drug-likeness (QED) is 0.495. The molecule has 9 heteroatoms. The number of nitrogens with zero attached hydrogens (tertiary/aromatic N) is 5. The zero-order valence-electron chi connectivity index (χ0n) is 20.1. The maximum atomic E-state index is 6.74. The molecular formula is C24H38ClN7O. The van der Waals surface area contributed by atoms with E-state index in [2.05, 4.69) is 29.2 Å². The van der Waals surface area contributed by atoms with E-state index in [1.54, 1.807) is 7.11 Å². The summed E-state index contributed by atoms with van der Waals surface area (Å²) in [5.41, 5.74) is 0.828. The topological polar surface area (TPSA) is 81.7 Å². The van der Waals surface area contributed by atoms with Crippen LogP contribution in [0.4, 0.5) is 5.69 Å². The number of hydrazine groups is 1. The maximum absolute atomic E-state index is 6.74. The third kappa shape index (κ3) is 5.80. The lowest BCUT2D eigenvalue weighted by atomic mass is 9.98. The molecule has 1 aliphatic carbocycles. The van der Waals surface area contributed by atoms with E-state index in [0.717, 1.165) is 50.3 Å². The minimum absolute atomic E-state index is 0.287. The van der Waals surface area contributed by atoms with E-state index in [1.165, 1.54) is 25.7 Å². The van der Waals surface area contributed by atoms with Gasteiger partial charge in [-0.2, -0.15) is 4.99 Å². The van der Waals surface area contributed by atoms with Crippen molar-refractivity contribution in [3.8, 4) is 5.75 Å². The predicted molar refractivity (Wildman–Crippen MR) is 136 cm³/mol. The fourth-order valence-electron chi connectivity index (χ4n) is 5.14.